The lowest BCUT2D eigenvalue weighted by Crippen LogP contribution is -2.26. The Kier molecular flexibility index (Phi) is 3.49. The molecule has 0 amide bonds. The van der Waals surface area contributed by atoms with E-state index in [2.05, 4.69) is 29.5 Å². The number of allylic oxidation sites excluding steroid dienone is 2. The molecule has 0 aromatic carbocycles. The second-order valence-corrected chi connectivity index (χ2v) is 5.77. The Balaban J connectivity index is 2.16. The monoisotopic (exact) mass is 285 g/mol. The van der Waals surface area contributed by atoms with E-state index in [1.165, 1.54) is 0 Å². The van der Waals surface area contributed by atoms with Gasteiger partial charge in [0.25, 0.3) is 0 Å². The highest BCUT2D eigenvalue weighted by Crippen LogP contribution is 2.36. The molecular formula is C16H19N3O2. The number of rotatable bonds is 3. The first-order chi connectivity index (χ1) is 10.1. The number of hydrogen-bond donors (Lipinski definition) is 1. The molecule has 0 unspecified atom stereocenters. The number of carbonyl (C=O) groups is 1. The molecule has 2 aromatic rings. The highest BCUT2D eigenvalue weighted by Gasteiger charge is 2.34. The van der Waals surface area contributed by atoms with Crippen molar-refractivity contribution in [3.63, 3.8) is 0 Å². The number of carboxylic acid groups (broad SMARTS) is 1. The molecule has 0 bridgehead atoms. The van der Waals surface area contributed by atoms with Crippen LogP contribution in [0.25, 0.3) is 11.2 Å². The molecule has 0 aliphatic heterocycles. The van der Waals surface area contributed by atoms with Gasteiger partial charge in [0.05, 0.1) is 5.92 Å². The Bertz CT molecular complexity index is 703. The van der Waals surface area contributed by atoms with Crippen molar-refractivity contribution in [1.29, 1.82) is 0 Å². The molecule has 0 saturated heterocycles. The van der Waals surface area contributed by atoms with Gasteiger partial charge in [0.2, 0.25) is 0 Å². The topological polar surface area (TPSA) is 68.0 Å². The Morgan fingerprint density at radius 2 is 2.14 bits per heavy atom. The molecule has 110 valence electrons. The number of nitrogens with zero attached hydrogens (tertiary/aromatic N) is 3. The average Bonchev–Trinajstić information content (AvgIpc) is 2.86. The smallest absolute Gasteiger partial charge is 0.307 e. The molecule has 1 aliphatic carbocycles. The van der Waals surface area contributed by atoms with Crippen LogP contribution in [0.2, 0.25) is 0 Å². The summed E-state index contributed by atoms with van der Waals surface area (Å²) in [6.07, 6.45) is 7.04. The number of imidazole rings is 1. The van der Waals surface area contributed by atoms with Crippen molar-refractivity contribution in [2.24, 2.45) is 5.92 Å². The Labute approximate surface area is 123 Å². The fourth-order valence-electron chi connectivity index (χ4n) is 3.09. The predicted octanol–water partition coefficient (Wildman–Crippen LogP) is 3.15. The SMILES string of the molecule is CC(C)n1c([C@@H]2CC=CC[C@@H]2C(=O)O)nc2cccnc21. The number of aliphatic carboxylic acids is 1. The molecule has 0 spiro atoms. The van der Waals surface area contributed by atoms with Gasteiger partial charge in [0.15, 0.2) is 5.65 Å². The summed E-state index contributed by atoms with van der Waals surface area (Å²) in [5.41, 5.74) is 1.67. The van der Waals surface area contributed by atoms with E-state index in [1.54, 1.807) is 6.20 Å². The molecule has 2 atom stereocenters. The summed E-state index contributed by atoms with van der Waals surface area (Å²) in [6.45, 7) is 4.15. The first-order valence-electron chi connectivity index (χ1n) is 7.30. The minimum Gasteiger partial charge on any atom is -0.481 e. The van der Waals surface area contributed by atoms with Gasteiger partial charge in [-0.1, -0.05) is 12.2 Å². The second-order valence-electron chi connectivity index (χ2n) is 5.77. The van der Waals surface area contributed by atoms with Crippen LogP contribution in [0.1, 0.15) is 44.5 Å². The van der Waals surface area contributed by atoms with E-state index < -0.39 is 11.9 Å². The van der Waals surface area contributed by atoms with Gasteiger partial charge < -0.3 is 9.67 Å². The summed E-state index contributed by atoms with van der Waals surface area (Å²) in [5, 5.41) is 9.49. The molecule has 21 heavy (non-hydrogen) atoms. The molecule has 5 heteroatoms. The van der Waals surface area contributed by atoms with Crippen molar-refractivity contribution in [1.82, 2.24) is 14.5 Å². The average molecular weight is 285 g/mol. The minimum absolute atomic E-state index is 0.0934. The Morgan fingerprint density at radius 3 is 2.86 bits per heavy atom. The molecule has 1 N–H and O–H groups in total. The van der Waals surface area contributed by atoms with Gasteiger partial charge in [-0.25, -0.2) is 9.97 Å². The van der Waals surface area contributed by atoms with Crippen LogP contribution in [0.4, 0.5) is 0 Å². The highest BCUT2D eigenvalue weighted by atomic mass is 16.4. The number of hydrogen-bond acceptors (Lipinski definition) is 3. The number of carboxylic acids is 1. The predicted molar refractivity (Wildman–Crippen MR) is 80.2 cm³/mol. The molecule has 2 aromatic heterocycles. The van der Waals surface area contributed by atoms with Gasteiger partial charge in [-0.2, -0.15) is 0 Å². The van der Waals surface area contributed by atoms with Crippen LogP contribution in [0.5, 0.6) is 0 Å². The second kappa shape index (κ2) is 5.31. The van der Waals surface area contributed by atoms with Crippen molar-refractivity contribution in [3.05, 3.63) is 36.3 Å². The number of pyridine rings is 1. The van der Waals surface area contributed by atoms with Gasteiger partial charge in [0, 0.05) is 18.2 Å². The summed E-state index contributed by atoms with van der Waals surface area (Å²) in [4.78, 5) is 20.7. The van der Waals surface area contributed by atoms with Crippen molar-refractivity contribution >= 4 is 17.1 Å². The molecule has 0 radical (unpaired) electrons. The van der Waals surface area contributed by atoms with Crippen molar-refractivity contribution in [2.75, 3.05) is 0 Å². The molecule has 0 saturated carbocycles. The maximum absolute atomic E-state index is 11.5. The highest BCUT2D eigenvalue weighted by molar-refractivity contribution is 5.74. The van der Waals surface area contributed by atoms with Crippen LogP contribution in [0.3, 0.4) is 0 Å². The lowest BCUT2D eigenvalue weighted by molar-refractivity contribution is -0.142. The van der Waals surface area contributed by atoms with E-state index >= 15 is 0 Å². The van der Waals surface area contributed by atoms with Crippen LogP contribution in [-0.2, 0) is 4.79 Å². The lowest BCUT2D eigenvalue weighted by atomic mass is 9.82. The van der Waals surface area contributed by atoms with Gasteiger partial charge in [-0.15, -0.1) is 0 Å². The maximum Gasteiger partial charge on any atom is 0.307 e. The van der Waals surface area contributed by atoms with E-state index in [0.717, 1.165) is 17.0 Å². The normalized spacial score (nSPS) is 22.0. The standard InChI is InChI=1S/C16H19N3O2/c1-10(2)19-14(18-13-8-5-9-17-15(13)19)11-6-3-4-7-12(11)16(20)21/h3-5,8-12H,6-7H2,1-2H3,(H,20,21)/t11-,12+/m1/s1. The van der Waals surface area contributed by atoms with Crippen LogP contribution in [0, 0.1) is 5.92 Å². The van der Waals surface area contributed by atoms with Crippen LogP contribution in [-0.4, -0.2) is 25.6 Å². The number of aromatic nitrogens is 3. The first-order valence-corrected chi connectivity index (χ1v) is 7.30. The van der Waals surface area contributed by atoms with Crippen LogP contribution in [0.15, 0.2) is 30.5 Å². The molecule has 3 rings (SSSR count). The molecule has 5 nitrogen and oxygen atoms in total. The third kappa shape index (κ3) is 2.33. The van der Waals surface area contributed by atoms with Crippen molar-refractivity contribution in [3.8, 4) is 0 Å². The number of fused-ring (bicyclic) bond motifs is 1. The van der Waals surface area contributed by atoms with E-state index in [9.17, 15) is 9.90 Å². The van der Waals surface area contributed by atoms with Gasteiger partial charge in [-0.3, -0.25) is 4.79 Å². The van der Waals surface area contributed by atoms with E-state index in [-0.39, 0.29) is 12.0 Å². The largest absolute Gasteiger partial charge is 0.481 e. The summed E-state index contributed by atoms with van der Waals surface area (Å²) < 4.78 is 2.08. The van der Waals surface area contributed by atoms with Crippen LogP contribution >= 0.6 is 0 Å². The van der Waals surface area contributed by atoms with Crippen molar-refractivity contribution < 1.29 is 9.90 Å². The van der Waals surface area contributed by atoms with Gasteiger partial charge in [-0.05, 0) is 38.8 Å². The summed E-state index contributed by atoms with van der Waals surface area (Å²) in [7, 11) is 0. The Morgan fingerprint density at radius 1 is 1.38 bits per heavy atom. The minimum atomic E-state index is -0.750. The fourth-order valence-corrected chi connectivity index (χ4v) is 3.09. The van der Waals surface area contributed by atoms with Gasteiger partial charge in [0.1, 0.15) is 11.3 Å². The van der Waals surface area contributed by atoms with Gasteiger partial charge >= 0.3 is 5.97 Å². The molecule has 1 aliphatic rings. The zero-order chi connectivity index (χ0) is 15.0. The summed E-state index contributed by atoms with van der Waals surface area (Å²) in [6, 6.07) is 3.98. The van der Waals surface area contributed by atoms with E-state index in [1.807, 2.05) is 18.2 Å². The fraction of sp³-hybridized carbons (Fsp3) is 0.438. The molecule has 0 fully saturated rings. The van der Waals surface area contributed by atoms with E-state index in [4.69, 9.17) is 4.98 Å². The summed E-state index contributed by atoms with van der Waals surface area (Å²) >= 11 is 0. The molecule has 2 heterocycles. The third-order valence-corrected chi connectivity index (χ3v) is 4.07. The van der Waals surface area contributed by atoms with E-state index in [0.29, 0.717) is 12.8 Å². The Hall–Kier alpha value is -2.17. The third-order valence-electron chi connectivity index (χ3n) is 4.07. The maximum atomic E-state index is 11.5. The lowest BCUT2D eigenvalue weighted by Gasteiger charge is -2.26. The summed E-state index contributed by atoms with van der Waals surface area (Å²) in [5.74, 6) is -0.413. The van der Waals surface area contributed by atoms with Crippen LogP contribution < -0.4 is 0 Å². The molecular weight excluding hydrogens is 266 g/mol. The first kappa shape index (κ1) is 13.8. The zero-order valence-electron chi connectivity index (χ0n) is 12.2. The zero-order valence-corrected chi connectivity index (χ0v) is 12.2. The van der Waals surface area contributed by atoms with Crippen molar-refractivity contribution in [2.45, 2.75) is 38.6 Å². The quantitative estimate of drug-likeness (QED) is 0.880.